The van der Waals surface area contributed by atoms with Gasteiger partial charge in [-0.25, -0.2) is 8.78 Å². The van der Waals surface area contributed by atoms with Crippen LogP contribution in [0.15, 0.2) is 48.5 Å². The fraction of sp³-hybridized carbons (Fsp3) is 0.537. The highest BCUT2D eigenvalue weighted by Crippen LogP contribution is 2.54. The average molecular weight is 687 g/mol. The van der Waals surface area contributed by atoms with Gasteiger partial charge in [-0.15, -0.1) is 0 Å². The van der Waals surface area contributed by atoms with Crippen LogP contribution in [0.3, 0.4) is 0 Å². The van der Waals surface area contributed by atoms with Crippen molar-refractivity contribution in [1.82, 2.24) is 0 Å². The SMILES string of the molecule is CC.CC.CC1CCC(N)CC1.CN.C[C@H]1c2c(cc(F)c(Cl)c2-c2c(C=O)ccc(OCC(C)(C)C)c2F)C[C@]1(C)c1ccccc1. The molecule has 1 fully saturated rings. The van der Waals surface area contributed by atoms with Crippen molar-refractivity contribution in [2.24, 2.45) is 22.8 Å². The van der Waals surface area contributed by atoms with E-state index in [1.54, 1.807) is 0 Å². The van der Waals surface area contributed by atoms with Gasteiger partial charge in [-0.2, -0.15) is 0 Å². The van der Waals surface area contributed by atoms with E-state index < -0.39 is 11.6 Å². The molecule has 4 N–H and O–H groups in total. The molecule has 0 aliphatic heterocycles. The topological polar surface area (TPSA) is 78.3 Å². The molecule has 0 heterocycles. The van der Waals surface area contributed by atoms with Crippen LogP contribution in [0.25, 0.3) is 11.1 Å². The van der Waals surface area contributed by atoms with Crippen LogP contribution in [0, 0.1) is 23.0 Å². The molecule has 2 aliphatic carbocycles. The van der Waals surface area contributed by atoms with E-state index >= 15 is 8.78 Å². The second-order valence-corrected chi connectivity index (χ2v) is 14.0. The van der Waals surface area contributed by atoms with Gasteiger partial charge in [0, 0.05) is 28.1 Å². The first-order valence-electron chi connectivity index (χ1n) is 17.6. The van der Waals surface area contributed by atoms with Crippen molar-refractivity contribution < 1.29 is 18.3 Å². The van der Waals surface area contributed by atoms with Crippen molar-refractivity contribution in [1.29, 1.82) is 0 Å². The van der Waals surface area contributed by atoms with E-state index in [1.807, 2.05) is 66.7 Å². The highest BCUT2D eigenvalue weighted by atomic mass is 35.5. The zero-order valence-corrected chi connectivity index (χ0v) is 32.0. The molecule has 3 aromatic rings. The third kappa shape index (κ3) is 10.6. The maximum atomic E-state index is 15.9. The maximum Gasteiger partial charge on any atom is 0.173 e. The molecule has 3 aromatic carbocycles. The number of hydrogen-bond acceptors (Lipinski definition) is 4. The standard InChI is InChI=1S/C29H29ClF2O2.C7H15N.2C2H6.CH5N/c1-17-23-19(14-29(17,5)20-9-7-6-8-10-20)13-21(31)26(30)25(23)24-18(15-33)11-12-22(27(24)32)34-16-28(2,3)4;1-6-2-4-7(8)5-3-6;3*1-2/h6-13,15,17H,14,16H2,1-5H3;6-7H,2-5,8H2,1H3;2*1-2H3;2H2,1H3/t17-,29-;;;;/m0..../s1. The number of hydrogen-bond donors (Lipinski definition) is 2. The number of carbonyl (C=O) groups is 1. The number of aldehydes is 1. The number of rotatable bonds is 5. The first kappa shape index (κ1) is 43.2. The molecule has 2 atom stereocenters. The van der Waals surface area contributed by atoms with E-state index in [9.17, 15) is 4.79 Å². The predicted octanol–water partition coefficient (Wildman–Crippen LogP) is 11.3. The van der Waals surface area contributed by atoms with E-state index in [0.717, 1.165) is 22.6 Å². The number of ether oxygens (including phenoxy) is 1. The van der Waals surface area contributed by atoms with Crippen molar-refractivity contribution in [3.05, 3.63) is 87.4 Å². The molecule has 1 saturated carbocycles. The normalized spacial score (nSPS) is 21.0. The van der Waals surface area contributed by atoms with E-state index in [0.29, 0.717) is 18.7 Å². The van der Waals surface area contributed by atoms with Gasteiger partial charge in [0.2, 0.25) is 0 Å². The lowest BCUT2D eigenvalue weighted by Gasteiger charge is -2.31. The summed E-state index contributed by atoms with van der Waals surface area (Å²) in [7, 11) is 1.50. The van der Waals surface area contributed by atoms with Crippen LogP contribution in [-0.4, -0.2) is 26.0 Å². The van der Waals surface area contributed by atoms with Gasteiger partial charge in [-0.1, -0.05) is 111 Å². The lowest BCUT2D eigenvalue weighted by atomic mass is 9.72. The van der Waals surface area contributed by atoms with Crippen LogP contribution in [0.5, 0.6) is 5.75 Å². The van der Waals surface area contributed by atoms with Crippen LogP contribution >= 0.6 is 11.6 Å². The molecule has 0 radical (unpaired) electrons. The number of nitrogens with two attached hydrogens (primary N) is 2. The Labute approximate surface area is 295 Å². The number of halogens is 3. The Morgan fingerprint density at radius 1 is 0.938 bits per heavy atom. The molecule has 48 heavy (non-hydrogen) atoms. The summed E-state index contributed by atoms with van der Waals surface area (Å²) in [5, 5.41) is -0.183. The minimum Gasteiger partial charge on any atom is -0.490 e. The van der Waals surface area contributed by atoms with Gasteiger partial charge in [-0.3, -0.25) is 4.79 Å². The second kappa shape index (κ2) is 20.0. The number of benzene rings is 3. The van der Waals surface area contributed by atoms with Crippen LogP contribution in [0.2, 0.25) is 5.02 Å². The Hall–Kier alpha value is -2.80. The average Bonchev–Trinajstić information content (AvgIpc) is 3.35. The Balaban J connectivity index is 0.000000698. The molecule has 7 heteroatoms. The van der Waals surface area contributed by atoms with Crippen molar-refractivity contribution in [2.45, 2.75) is 119 Å². The molecule has 0 spiro atoms. The summed E-state index contributed by atoms with van der Waals surface area (Å²) in [5.74, 6) is -0.479. The molecule has 4 nitrogen and oxygen atoms in total. The van der Waals surface area contributed by atoms with Crippen molar-refractivity contribution in [2.75, 3.05) is 13.7 Å². The van der Waals surface area contributed by atoms with Gasteiger partial charge in [0.25, 0.3) is 0 Å². The van der Waals surface area contributed by atoms with E-state index in [2.05, 4.69) is 38.6 Å². The largest absolute Gasteiger partial charge is 0.490 e. The Morgan fingerprint density at radius 3 is 2.00 bits per heavy atom. The zero-order chi connectivity index (χ0) is 36.8. The van der Waals surface area contributed by atoms with Crippen molar-refractivity contribution in [3.8, 4) is 16.9 Å². The highest BCUT2D eigenvalue weighted by molar-refractivity contribution is 6.34. The molecule has 0 unspecified atom stereocenters. The summed E-state index contributed by atoms with van der Waals surface area (Å²) in [6, 6.07) is 14.9. The molecule has 0 saturated heterocycles. The minimum absolute atomic E-state index is 0.00804. The van der Waals surface area contributed by atoms with Gasteiger partial charge in [0.05, 0.1) is 11.6 Å². The smallest absolute Gasteiger partial charge is 0.173 e. The maximum absolute atomic E-state index is 15.9. The highest BCUT2D eigenvalue weighted by Gasteiger charge is 2.44. The second-order valence-electron chi connectivity index (χ2n) is 13.6. The minimum atomic E-state index is -0.705. The summed E-state index contributed by atoms with van der Waals surface area (Å²) in [6.45, 7) is 20.7. The third-order valence-electron chi connectivity index (χ3n) is 8.96. The first-order chi connectivity index (χ1) is 22.8. The molecule has 0 aromatic heterocycles. The quantitative estimate of drug-likeness (QED) is 0.262. The third-order valence-corrected chi connectivity index (χ3v) is 9.33. The molecule has 5 rings (SSSR count). The van der Waals surface area contributed by atoms with Crippen LogP contribution in [0.4, 0.5) is 8.78 Å². The van der Waals surface area contributed by atoms with E-state index in [1.165, 1.54) is 50.9 Å². The van der Waals surface area contributed by atoms with Gasteiger partial charge < -0.3 is 16.2 Å². The van der Waals surface area contributed by atoms with Crippen LogP contribution in [0.1, 0.15) is 128 Å². The summed E-state index contributed by atoms with van der Waals surface area (Å²) in [6.07, 6.45) is 6.35. The Kier molecular flexibility index (Phi) is 18.0. The van der Waals surface area contributed by atoms with Gasteiger partial charge in [0.15, 0.2) is 17.9 Å². The van der Waals surface area contributed by atoms with Gasteiger partial charge in [-0.05, 0) is 91.3 Å². The van der Waals surface area contributed by atoms with Gasteiger partial charge in [0.1, 0.15) is 5.82 Å². The van der Waals surface area contributed by atoms with Gasteiger partial charge >= 0.3 is 0 Å². The summed E-state index contributed by atoms with van der Waals surface area (Å²) >= 11 is 6.52. The monoisotopic (exact) mass is 686 g/mol. The Morgan fingerprint density at radius 2 is 1.50 bits per heavy atom. The molecule has 0 bridgehead atoms. The lowest BCUT2D eigenvalue weighted by Crippen LogP contribution is -2.25. The van der Waals surface area contributed by atoms with E-state index in [-0.39, 0.29) is 50.8 Å². The Bertz CT molecular complexity index is 1410. The zero-order valence-electron chi connectivity index (χ0n) is 31.3. The van der Waals surface area contributed by atoms with Crippen LogP contribution in [-0.2, 0) is 11.8 Å². The van der Waals surface area contributed by atoms with E-state index in [4.69, 9.17) is 22.1 Å². The van der Waals surface area contributed by atoms with Crippen molar-refractivity contribution >= 4 is 17.9 Å². The fourth-order valence-corrected chi connectivity index (χ4v) is 6.48. The predicted molar refractivity (Wildman–Crippen MR) is 201 cm³/mol. The summed E-state index contributed by atoms with van der Waals surface area (Å²) in [5.41, 5.74) is 12.7. The first-order valence-corrected chi connectivity index (χ1v) is 17.9. The summed E-state index contributed by atoms with van der Waals surface area (Å²) < 4.78 is 36.8. The molecular formula is C41H61ClF2N2O2. The fourth-order valence-electron chi connectivity index (χ4n) is 6.23. The van der Waals surface area contributed by atoms with Crippen LogP contribution < -0.4 is 16.2 Å². The molecule has 0 amide bonds. The molecule has 268 valence electrons. The lowest BCUT2D eigenvalue weighted by molar-refractivity contribution is 0.112. The number of fused-ring (bicyclic) bond motifs is 1. The van der Waals surface area contributed by atoms with Crippen molar-refractivity contribution in [3.63, 3.8) is 0 Å². The molecule has 2 aliphatic rings. The molecular weight excluding hydrogens is 626 g/mol. The summed E-state index contributed by atoms with van der Waals surface area (Å²) in [4.78, 5) is 12.0. The number of carbonyl (C=O) groups excluding carboxylic acids is 1.